The van der Waals surface area contributed by atoms with Gasteiger partial charge in [-0.3, -0.25) is 0 Å². The fraction of sp³-hybridized carbons (Fsp3) is 0.500. The molecule has 2 rings (SSSR count). The van der Waals surface area contributed by atoms with Crippen LogP contribution < -0.4 is 5.73 Å². The van der Waals surface area contributed by atoms with Crippen LogP contribution in [0.2, 0.25) is 0 Å². The van der Waals surface area contributed by atoms with E-state index in [0.717, 1.165) is 23.0 Å². The zero-order chi connectivity index (χ0) is 8.77. The molecule has 1 aromatic heterocycles. The number of rotatable bonds is 1. The van der Waals surface area contributed by atoms with Crippen molar-refractivity contribution in [1.82, 2.24) is 4.98 Å². The van der Waals surface area contributed by atoms with Crippen molar-refractivity contribution in [3.63, 3.8) is 0 Å². The van der Waals surface area contributed by atoms with Crippen LogP contribution >= 0.6 is 15.9 Å². The molecule has 0 aromatic carbocycles. The van der Waals surface area contributed by atoms with E-state index in [1.54, 1.807) is 0 Å². The van der Waals surface area contributed by atoms with Crippen molar-refractivity contribution in [3.05, 3.63) is 21.9 Å². The third kappa shape index (κ3) is 0.952. The Hall–Kier alpha value is -0.320. The van der Waals surface area contributed by atoms with E-state index in [0.29, 0.717) is 0 Å². The molecule has 0 saturated carbocycles. The van der Waals surface area contributed by atoms with Gasteiger partial charge < -0.3 is 15.8 Å². The van der Waals surface area contributed by atoms with E-state index < -0.39 is 5.54 Å². The van der Waals surface area contributed by atoms with Gasteiger partial charge in [-0.15, -0.1) is 0 Å². The highest BCUT2D eigenvalue weighted by Crippen LogP contribution is 2.38. The molecule has 0 radical (unpaired) electrons. The zero-order valence-electron chi connectivity index (χ0n) is 6.60. The summed E-state index contributed by atoms with van der Waals surface area (Å²) < 4.78 is 0.998. The third-order valence-corrected chi connectivity index (χ3v) is 3.28. The summed E-state index contributed by atoms with van der Waals surface area (Å²) in [7, 11) is 0. The lowest BCUT2D eigenvalue weighted by Crippen LogP contribution is -2.37. The number of aromatic nitrogens is 1. The van der Waals surface area contributed by atoms with Crippen LogP contribution in [0, 0.1) is 0 Å². The first-order valence-corrected chi connectivity index (χ1v) is 4.72. The minimum absolute atomic E-state index is 0.0181. The molecule has 0 amide bonds. The predicted octanol–water partition coefficient (Wildman–Crippen LogP) is 0.870. The van der Waals surface area contributed by atoms with Gasteiger partial charge in [-0.05, 0) is 39.9 Å². The van der Waals surface area contributed by atoms with Crippen LogP contribution in [-0.2, 0) is 12.0 Å². The molecule has 3 nitrogen and oxygen atoms in total. The maximum absolute atomic E-state index is 9.13. The molecule has 4 N–H and O–H groups in total. The largest absolute Gasteiger partial charge is 0.394 e. The Morgan fingerprint density at radius 1 is 1.75 bits per heavy atom. The number of nitrogens with one attached hydrogen (secondary N) is 1. The highest BCUT2D eigenvalue weighted by molar-refractivity contribution is 9.10. The molecule has 1 unspecified atom stereocenters. The maximum Gasteiger partial charge on any atom is 0.0856 e. The molecular formula is C8H11BrN2O. The number of aliphatic hydroxyl groups is 1. The molecule has 0 saturated heterocycles. The van der Waals surface area contributed by atoms with Crippen molar-refractivity contribution in [1.29, 1.82) is 0 Å². The van der Waals surface area contributed by atoms with Gasteiger partial charge in [-0.1, -0.05) is 0 Å². The van der Waals surface area contributed by atoms with Crippen molar-refractivity contribution in [2.75, 3.05) is 6.61 Å². The van der Waals surface area contributed by atoms with Crippen molar-refractivity contribution >= 4 is 15.9 Å². The van der Waals surface area contributed by atoms with Gasteiger partial charge in [0.25, 0.3) is 0 Å². The molecule has 1 aromatic rings. The Bertz CT molecular complexity index is 310. The molecule has 0 spiro atoms. The lowest BCUT2D eigenvalue weighted by molar-refractivity contribution is 0.196. The number of nitrogens with two attached hydrogens (primary N) is 1. The predicted molar refractivity (Wildman–Crippen MR) is 49.8 cm³/mol. The van der Waals surface area contributed by atoms with E-state index >= 15 is 0 Å². The van der Waals surface area contributed by atoms with Crippen LogP contribution in [-0.4, -0.2) is 16.7 Å². The average molecular weight is 231 g/mol. The van der Waals surface area contributed by atoms with Gasteiger partial charge in [0.2, 0.25) is 0 Å². The minimum atomic E-state index is -0.516. The van der Waals surface area contributed by atoms with E-state index in [1.807, 2.05) is 6.20 Å². The lowest BCUT2D eigenvalue weighted by Gasteiger charge is -2.20. The van der Waals surface area contributed by atoms with Gasteiger partial charge in [0, 0.05) is 6.20 Å². The summed E-state index contributed by atoms with van der Waals surface area (Å²) in [4.78, 5) is 3.05. The summed E-state index contributed by atoms with van der Waals surface area (Å²) in [5.74, 6) is 0. The molecule has 12 heavy (non-hydrogen) atoms. The quantitative estimate of drug-likeness (QED) is 0.671. The Balaban J connectivity index is 2.49. The first kappa shape index (κ1) is 8.29. The molecule has 0 fully saturated rings. The molecular weight excluding hydrogens is 220 g/mol. The molecule has 1 atom stereocenters. The van der Waals surface area contributed by atoms with Crippen molar-refractivity contribution in [2.45, 2.75) is 18.4 Å². The van der Waals surface area contributed by atoms with Crippen molar-refractivity contribution < 1.29 is 5.11 Å². The zero-order valence-corrected chi connectivity index (χ0v) is 8.19. The number of hydrogen-bond donors (Lipinski definition) is 3. The fourth-order valence-corrected chi connectivity index (χ4v) is 2.29. The molecule has 1 heterocycles. The molecule has 0 bridgehead atoms. The standard InChI is InChI=1S/C8H11BrN2O/c9-7-5-1-2-8(10,4-12)6(5)3-11-7/h3,11-12H,1-2,4,10H2. The molecule has 0 aliphatic heterocycles. The highest BCUT2D eigenvalue weighted by atomic mass is 79.9. The van der Waals surface area contributed by atoms with Gasteiger partial charge in [-0.25, -0.2) is 0 Å². The van der Waals surface area contributed by atoms with E-state index in [9.17, 15) is 0 Å². The number of hydrogen-bond acceptors (Lipinski definition) is 2. The topological polar surface area (TPSA) is 62.0 Å². The fourth-order valence-electron chi connectivity index (χ4n) is 1.76. The van der Waals surface area contributed by atoms with Gasteiger partial charge in [-0.2, -0.15) is 0 Å². The Morgan fingerprint density at radius 2 is 2.50 bits per heavy atom. The number of halogens is 1. The van der Waals surface area contributed by atoms with Crippen LogP contribution in [0.5, 0.6) is 0 Å². The van der Waals surface area contributed by atoms with E-state index in [1.165, 1.54) is 5.56 Å². The molecule has 1 aliphatic rings. The first-order valence-electron chi connectivity index (χ1n) is 3.93. The summed E-state index contributed by atoms with van der Waals surface area (Å²) in [6.07, 6.45) is 3.65. The van der Waals surface area contributed by atoms with E-state index in [4.69, 9.17) is 10.8 Å². The summed E-state index contributed by atoms with van der Waals surface area (Å²) >= 11 is 3.41. The lowest BCUT2D eigenvalue weighted by atomic mass is 9.97. The second-order valence-electron chi connectivity index (χ2n) is 3.31. The normalized spacial score (nSPS) is 27.6. The van der Waals surface area contributed by atoms with Gasteiger partial charge in [0.15, 0.2) is 0 Å². The van der Waals surface area contributed by atoms with E-state index in [-0.39, 0.29) is 6.61 Å². The smallest absolute Gasteiger partial charge is 0.0856 e. The Morgan fingerprint density at radius 3 is 3.17 bits per heavy atom. The van der Waals surface area contributed by atoms with E-state index in [2.05, 4.69) is 20.9 Å². The number of H-pyrrole nitrogens is 1. The van der Waals surface area contributed by atoms with Crippen LogP contribution in [0.25, 0.3) is 0 Å². The summed E-state index contributed by atoms with van der Waals surface area (Å²) in [5.41, 5.74) is 7.74. The number of aliphatic hydroxyl groups excluding tert-OH is 1. The highest BCUT2D eigenvalue weighted by Gasteiger charge is 2.36. The van der Waals surface area contributed by atoms with Crippen LogP contribution in [0.1, 0.15) is 17.5 Å². The van der Waals surface area contributed by atoms with Crippen LogP contribution in [0.15, 0.2) is 10.8 Å². The maximum atomic E-state index is 9.13. The number of fused-ring (bicyclic) bond motifs is 1. The van der Waals surface area contributed by atoms with Crippen LogP contribution in [0.3, 0.4) is 0 Å². The summed E-state index contributed by atoms with van der Waals surface area (Å²) in [5, 5.41) is 9.13. The third-order valence-electron chi connectivity index (χ3n) is 2.57. The first-order chi connectivity index (χ1) is 5.67. The average Bonchev–Trinajstić information content (AvgIpc) is 2.57. The summed E-state index contributed by atoms with van der Waals surface area (Å²) in [6, 6.07) is 0. The van der Waals surface area contributed by atoms with Gasteiger partial charge in [0.05, 0.1) is 16.7 Å². The molecule has 4 heteroatoms. The SMILES string of the molecule is NC1(CO)CCc2c1c[nH]c2Br. The van der Waals surface area contributed by atoms with Crippen molar-refractivity contribution in [3.8, 4) is 0 Å². The van der Waals surface area contributed by atoms with Gasteiger partial charge in [0.1, 0.15) is 0 Å². The second kappa shape index (κ2) is 2.58. The van der Waals surface area contributed by atoms with Gasteiger partial charge >= 0.3 is 0 Å². The monoisotopic (exact) mass is 230 g/mol. The van der Waals surface area contributed by atoms with Crippen LogP contribution in [0.4, 0.5) is 0 Å². The summed E-state index contributed by atoms with van der Waals surface area (Å²) in [6.45, 7) is 0.0181. The number of aromatic amines is 1. The Labute approximate surface area is 79.1 Å². The molecule has 66 valence electrons. The minimum Gasteiger partial charge on any atom is -0.394 e. The second-order valence-corrected chi connectivity index (χ2v) is 4.10. The van der Waals surface area contributed by atoms with Crippen molar-refractivity contribution in [2.24, 2.45) is 5.73 Å². The molecule has 1 aliphatic carbocycles. The Kier molecular flexibility index (Phi) is 1.78.